The molecule has 0 aromatic heterocycles. The van der Waals surface area contributed by atoms with Crippen molar-refractivity contribution in [2.75, 3.05) is 0 Å². The molecule has 0 aromatic carbocycles. The summed E-state index contributed by atoms with van der Waals surface area (Å²) in [6.07, 6.45) is 6.95. The van der Waals surface area contributed by atoms with E-state index in [9.17, 15) is 10.2 Å². The second-order valence-corrected chi connectivity index (χ2v) is 8.24. The van der Waals surface area contributed by atoms with Gasteiger partial charge in [-0.15, -0.1) is 0 Å². The Hall–Kier alpha value is -0.380. The third kappa shape index (κ3) is 2.12. The van der Waals surface area contributed by atoms with E-state index in [1.807, 2.05) is 6.08 Å². The van der Waals surface area contributed by atoms with Crippen molar-refractivity contribution in [1.29, 1.82) is 0 Å². The summed E-state index contributed by atoms with van der Waals surface area (Å²) in [5.41, 5.74) is 0.570. The van der Waals surface area contributed by atoms with E-state index in [1.165, 1.54) is 5.57 Å². The molecule has 21 heavy (non-hydrogen) atoms. The highest BCUT2D eigenvalue weighted by Gasteiger charge is 2.67. The minimum Gasteiger partial charge on any atom is -0.393 e. The van der Waals surface area contributed by atoms with Crippen molar-refractivity contribution in [1.82, 2.24) is 0 Å². The Bertz CT molecular complexity index is 455. The Morgan fingerprint density at radius 1 is 1.19 bits per heavy atom. The van der Waals surface area contributed by atoms with Gasteiger partial charge in [0.15, 0.2) is 0 Å². The Balaban J connectivity index is 2.05. The molecule has 1 aliphatic heterocycles. The van der Waals surface area contributed by atoms with Gasteiger partial charge in [-0.3, -0.25) is 0 Å². The lowest BCUT2D eigenvalue weighted by atomic mass is 9.54. The molecule has 1 spiro atoms. The molecule has 1 saturated heterocycles. The zero-order valence-electron chi connectivity index (χ0n) is 13.9. The highest BCUT2D eigenvalue weighted by Crippen LogP contribution is 2.65. The van der Waals surface area contributed by atoms with E-state index < -0.39 is 6.10 Å². The number of unbranched alkanes of at least 4 members (excludes halogenated alkanes) is 1. The number of ether oxygens (including phenoxy) is 1. The van der Waals surface area contributed by atoms with Crippen LogP contribution in [0.2, 0.25) is 0 Å². The Kier molecular flexibility index (Phi) is 3.55. The van der Waals surface area contributed by atoms with Crippen LogP contribution in [0.25, 0.3) is 0 Å². The standard InChI is InChI=1S/C18H30O3/c1-5-6-7-12-8-13(19)9-17(4)11-15(20)14-10-18(12,17)21-16(14,2)3/h8,13-15,19-20H,5-7,9-11H2,1-4H3/t13-,14-,15-,17-,18-/m0/s1. The first-order valence-corrected chi connectivity index (χ1v) is 8.51. The van der Waals surface area contributed by atoms with E-state index in [2.05, 4.69) is 27.7 Å². The average molecular weight is 294 g/mol. The second kappa shape index (κ2) is 4.81. The zero-order valence-corrected chi connectivity index (χ0v) is 13.9. The number of aliphatic hydroxyl groups is 2. The van der Waals surface area contributed by atoms with E-state index in [0.717, 1.165) is 32.1 Å². The molecule has 0 radical (unpaired) electrons. The molecule has 2 aliphatic carbocycles. The van der Waals surface area contributed by atoms with Crippen LogP contribution in [0, 0.1) is 11.3 Å². The van der Waals surface area contributed by atoms with E-state index in [4.69, 9.17) is 4.74 Å². The van der Waals surface area contributed by atoms with Crippen LogP contribution in [0.15, 0.2) is 11.6 Å². The monoisotopic (exact) mass is 294 g/mol. The number of aliphatic hydroxyl groups excluding tert-OH is 2. The van der Waals surface area contributed by atoms with Crippen molar-refractivity contribution in [2.24, 2.45) is 11.3 Å². The molecule has 3 nitrogen and oxygen atoms in total. The molecule has 2 N–H and O–H groups in total. The molecule has 0 aromatic rings. The molecule has 5 atom stereocenters. The van der Waals surface area contributed by atoms with Crippen molar-refractivity contribution >= 4 is 0 Å². The first-order chi connectivity index (χ1) is 9.74. The molecule has 3 aliphatic rings. The molecule has 1 heterocycles. The molecule has 0 unspecified atom stereocenters. The topological polar surface area (TPSA) is 49.7 Å². The van der Waals surface area contributed by atoms with Crippen LogP contribution in [0.3, 0.4) is 0 Å². The number of hydrogen-bond donors (Lipinski definition) is 2. The molecule has 2 fully saturated rings. The predicted molar refractivity (Wildman–Crippen MR) is 83.0 cm³/mol. The van der Waals surface area contributed by atoms with Gasteiger partial charge >= 0.3 is 0 Å². The fourth-order valence-electron chi connectivity index (χ4n) is 5.23. The van der Waals surface area contributed by atoms with Crippen LogP contribution in [-0.4, -0.2) is 33.6 Å². The van der Waals surface area contributed by atoms with Gasteiger partial charge in [0.05, 0.1) is 23.4 Å². The third-order valence-corrected chi connectivity index (χ3v) is 6.31. The van der Waals surface area contributed by atoms with Gasteiger partial charge in [-0.2, -0.15) is 0 Å². The van der Waals surface area contributed by atoms with Gasteiger partial charge in [-0.25, -0.2) is 0 Å². The summed E-state index contributed by atoms with van der Waals surface area (Å²) in [5.74, 6) is 0.200. The van der Waals surface area contributed by atoms with Gasteiger partial charge in [0.1, 0.15) is 0 Å². The van der Waals surface area contributed by atoms with Gasteiger partial charge < -0.3 is 14.9 Å². The number of fused-ring (bicyclic) bond motifs is 1. The summed E-state index contributed by atoms with van der Waals surface area (Å²) < 4.78 is 6.66. The lowest BCUT2D eigenvalue weighted by Crippen LogP contribution is -2.56. The molecule has 120 valence electrons. The maximum atomic E-state index is 10.6. The average Bonchev–Trinajstić information content (AvgIpc) is 2.62. The minimum absolute atomic E-state index is 0.159. The highest BCUT2D eigenvalue weighted by atomic mass is 16.5. The van der Waals surface area contributed by atoms with Gasteiger partial charge in [0.2, 0.25) is 0 Å². The van der Waals surface area contributed by atoms with Gasteiger partial charge in [0, 0.05) is 11.3 Å². The zero-order chi connectivity index (χ0) is 15.5. The SMILES string of the molecule is CCCCC1=C[C@H](O)C[C@@]2(C)C[C@H](O)[C@@H]3C[C@]12OC3(C)C. The lowest BCUT2D eigenvalue weighted by Gasteiger charge is -2.54. The van der Waals surface area contributed by atoms with Crippen LogP contribution in [0.4, 0.5) is 0 Å². The molecule has 3 heteroatoms. The van der Waals surface area contributed by atoms with E-state index >= 15 is 0 Å². The fourth-order valence-corrected chi connectivity index (χ4v) is 5.23. The Morgan fingerprint density at radius 2 is 1.90 bits per heavy atom. The van der Waals surface area contributed by atoms with Crippen LogP contribution < -0.4 is 0 Å². The fraction of sp³-hybridized carbons (Fsp3) is 0.889. The Morgan fingerprint density at radius 3 is 2.57 bits per heavy atom. The van der Waals surface area contributed by atoms with Crippen LogP contribution in [0.5, 0.6) is 0 Å². The predicted octanol–water partition coefficient (Wildman–Crippen LogP) is 3.19. The van der Waals surface area contributed by atoms with Gasteiger partial charge in [0.25, 0.3) is 0 Å². The van der Waals surface area contributed by atoms with E-state index in [0.29, 0.717) is 6.42 Å². The second-order valence-electron chi connectivity index (χ2n) is 8.24. The quantitative estimate of drug-likeness (QED) is 0.786. The first-order valence-electron chi connectivity index (χ1n) is 8.51. The largest absolute Gasteiger partial charge is 0.393 e. The smallest absolute Gasteiger partial charge is 0.0959 e. The van der Waals surface area contributed by atoms with Crippen molar-refractivity contribution in [3.8, 4) is 0 Å². The summed E-state index contributed by atoms with van der Waals surface area (Å²) in [6, 6.07) is 0. The van der Waals surface area contributed by atoms with Crippen LogP contribution >= 0.6 is 0 Å². The summed E-state index contributed by atoms with van der Waals surface area (Å²) in [4.78, 5) is 0. The summed E-state index contributed by atoms with van der Waals surface area (Å²) in [7, 11) is 0. The molecule has 3 rings (SSSR count). The molecule has 1 saturated carbocycles. The van der Waals surface area contributed by atoms with Crippen molar-refractivity contribution in [3.05, 3.63) is 11.6 Å². The minimum atomic E-state index is -0.399. The molecule has 0 amide bonds. The lowest BCUT2D eigenvalue weighted by molar-refractivity contribution is -0.144. The van der Waals surface area contributed by atoms with Crippen molar-refractivity contribution < 1.29 is 14.9 Å². The summed E-state index contributed by atoms with van der Waals surface area (Å²) in [6.45, 7) is 8.63. The number of hydrogen-bond acceptors (Lipinski definition) is 3. The summed E-state index contributed by atoms with van der Waals surface area (Å²) >= 11 is 0. The van der Waals surface area contributed by atoms with E-state index in [1.54, 1.807) is 0 Å². The van der Waals surface area contributed by atoms with E-state index in [-0.39, 0.29) is 28.6 Å². The highest BCUT2D eigenvalue weighted by molar-refractivity contribution is 5.33. The molecule has 2 bridgehead atoms. The van der Waals surface area contributed by atoms with Crippen molar-refractivity contribution in [2.45, 2.75) is 89.6 Å². The van der Waals surface area contributed by atoms with Crippen LogP contribution in [0.1, 0.15) is 66.2 Å². The molecular weight excluding hydrogens is 264 g/mol. The molecular formula is C18H30O3. The first kappa shape index (κ1) is 15.5. The number of rotatable bonds is 3. The Labute approximate surface area is 128 Å². The van der Waals surface area contributed by atoms with Crippen molar-refractivity contribution in [3.63, 3.8) is 0 Å². The maximum absolute atomic E-state index is 10.6. The normalized spacial score (nSPS) is 47.9. The third-order valence-electron chi connectivity index (χ3n) is 6.31. The van der Waals surface area contributed by atoms with Gasteiger partial charge in [-0.05, 0) is 51.5 Å². The van der Waals surface area contributed by atoms with Crippen LogP contribution in [-0.2, 0) is 4.74 Å². The summed E-state index contributed by atoms with van der Waals surface area (Å²) in [5, 5.41) is 20.9. The maximum Gasteiger partial charge on any atom is 0.0959 e. The van der Waals surface area contributed by atoms with Gasteiger partial charge in [-0.1, -0.05) is 26.3 Å².